The van der Waals surface area contributed by atoms with E-state index in [1.807, 2.05) is 39.4 Å². The van der Waals surface area contributed by atoms with Gasteiger partial charge in [-0.15, -0.1) is 0 Å². The molecule has 0 spiro atoms. The van der Waals surface area contributed by atoms with Crippen molar-refractivity contribution in [3.63, 3.8) is 0 Å². The molecule has 0 fully saturated rings. The first-order valence-corrected chi connectivity index (χ1v) is 8.47. The van der Waals surface area contributed by atoms with Gasteiger partial charge in [-0.05, 0) is 36.8 Å². The standard InChI is InChI=1S/C9H16N2.C7H10F2N2.C2H6/c1-6(2)9-7(3)10-11(5)8(9)4;1-5(2)6-3-10-11(4-6)7(8)9;1-2/h6H,1-5H3;3-5,7H,1-2H3;1-2H3. The number of halogens is 2. The number of rotatable bonds is 3. The number of aryl methyl sites for hydroxylation is 2. The van der Waals surface area contributed by atoms with E-state index < -0.39 is 6.55 Å². The normalized spacial score (nSPS) is 10.6. The lowest BCUT2D eigenvalue weighted by atomic mass is 10.0. The van der Waals surface area contributed by atoms with E-state index in [4.69, 9.17) is 0 Å². The van der Waals surface area contributed by atoms with E-state index >= 15 is 0 Å². The lowest BCUT2D eigenvalue weighted by Gasteiger charge is -2.04. The second-order valence-electron chi connectivity index (χ2n) is 6.05. The topological polar surface area (TPSA) is 35.6 Å². The first-order chi connectivity index (χ1) is 11.1. The Morgan fingerprint density at radius 2 is 1.54 bits per heavy atom. The molecule has 0 aromatic carbocycles. The lowest BCUT2D eigenvalue weighted by Crippen LogP contribution is -1.97. The Bertz CT molecular complexity index is 576. The highest BCUT2D eigenvalue weighted by Crippen LogP contribution is 2.21. The molecule has 0 aliphatic carbocycles. The maximum atomic E-state index is 11.9. The summed E-state index contributed by atoms with van der Waals surface area (Å²) in [7, 11) is 1.99. The van der Waals surface area contributed by atoms with Crippen LogP contribution in [0.25, 0.3) is 0 Å². The first kappa shape index (κ1) is 22.3. The fourth-order valence-electron chi connectivity index (χ4n) is 2.38. The van der Waals surface area contributed by atoms with Gasteiger partial charge >= 0.3 is 6.55 Å². The summed E-state index contributed by atoms with van der Waals surface area (Å²) >= 11 is 0. The summed E-state index contributed by atoms with van der Waals surface area (Å²) < 4.78 is 26.5. The van der Waals surface area contributed by atoms with Crippen LogP contribution in [0.2, 0.25) is 0 Å². The van der Waals surface area contributed by atoms with Crippen molar-refractivity contribution in [1.82, 2.24) is 19.6 Å². The van der Waals surface area contributed by atoms with Crippen LogP contribution in [-0.2, 0) is 7.05 Å². The summed E-state index contributed by atoms with van der Waals surface area (Å²) in [6.45, 7) is 14.0. The molecule has 2 rings (SSSR count). The zero-order valence-electron chi connectivity index (χ0n) is 16.4. The Hall–Kier alpha value is -1.72. The maximum absolute atomic E-state index is 11.9. The van der Waals surface area contributed by atoms with Crippen molar-refractivity contribution in [1.29, 1.82) is 0 Å². The van der Waals surface area contributed by atoms with Gasteiger partial charge in [0.15, 0.2) is 0 Å². The molecule has 0 atom stereocenters. The van der Waals surface area contributed by atoms with Gasteiger partial charge in [0.1, 0.15) is 0 Å². The van der Waals surface area contributed by atoms with E-state index in [0.29, 0.717) is 10.6 Å². The van der Waals surface area contributed by atoms with Gasteiger partial charge in [0.05, 0.1) is 11.9 Å². The van der Waals surface area contributed by atoms with Crippen molar-refractivity contribution in [2.75, 3.05) is 0 Å². The molecule has 6 heteroatoms. The molecule has 0 saturated heterocycles. The molecular formula is C18H32F2N4. The predicted octanol–water partition coefficient (Wildman–Crippen LogP) is 5.59. The third-order valence-corrected chi connectivity index (χ3v) is 3.63. The van der Waals surface area contributed by atoms with Crippen LogP contribution in [0.4, 0.5) is 8.78 Å². The number of alkyl halides is 2. The van der Waals surface area contributed by atoms with Gasteiger partial charge in [-0.3, -0.25) is 4.68 Å². The summed E-state index contributed by atoms with van der Waals surface area (Å²) in [5.74, 6) is 0.839. The Morgan fingerprint density at radius 3 is 1.75 bits per heavy atom. The van der Waals surface area contributed by atoms with Crippen molar-refractivity contribution in [3.8, 4) is 0 Å². The minimum Gasteiger partial charge on any atom is -0.272 e. The molecule has 0 saturated carbocycles. The fraction of sp³-hybridized carbons (Fsp3) is 0.667. The lowest BCUT2D eigenvalue weighted by molar-refractivity contribution is 0.0565. The Kier molecular flexibility index (Phi) is 9.48. The maximum Gasteiger partial charge on any atom is 0.333 e. The third-order valence-electron chi connectivity index (χ3n) is 3.63. The number of hydrogen-bond acceptors (Lipinski definition) is 2. The average Bonchev–Trinajstić information content (AvgIpc) is 3.08. The predicted molar refractivity (Wildman–Crippen MR) is 95.7 cm³/mol. The zero-order chi connectivity index (χ0) is 19.0. The Balaban J connectivity index is 0.000000400. The van der Waals surface area contributed by atoms with Crippen LogP contribution in [0.5, 0.6) is 0 Å². The number of nitrogens with zero attached hydrogens (tertiary/aromatic N) is 4. The van der Waals surface area contributed by atoms with E-state index in [2.05, 4.69) is 37.9 Å². The van der Waals surface area contributed by atoms with Crippen LogP contribution < -0.4 is 0 Å². The van der Waals surface area contributed by atoms with Crippen LogP contribution in [0.3, 0.4) is 0 Å². The van der Waals surface area contributed by atoms with Crippen molar-refractivity contribution in [2.45, 2.75) is 73.8 Å². The molecule has 2 heterocycles. The molecule has 0 N–H and O–H groups in total. The van der Waals surface area contributed by atoms with Crippen molar-refractivity contribution >= 4 is 0 Å². The third kappa shape index (κ3) is 6.06. The average molecular weight is 342 g/mol. The van der Waals surface area contributed by atoms with Crippen LogP contribution in [0, 0.1) is 13.8 Å². The minimum atomic E-state index is -2.53. The number of aromatic nitrogens is 4. The van der Waals surface area contributed by atoms with E-state index in [9.17, 15) is 8.78 Å². The summed E-state index contributed by atoms with van der Waals surface area (Å²) in [4.78, 5) is 0. The summed E-state index contributed by atoms with van der Waals surface area (Å²) in [6, 6.07) is 0. The van der Waals surface area contributed by atoms with Crippen molar-refractivity contribution in [3.05, 3.63) is 34.9 Å². The molecule has 0 unspecified atom stereocenters. The molecule has 2 aromatic rings. The second kappa shape index (κ2) is 10.2. The van der Waals surface area contributed by atoms with Crippen LogP contribution in [0.15, 0.2) is 12.4 Å². The second-order valence-corrected chi connectivity index (χ2v) is 6.05. The Labute approximate surface area is 144 Å². The van der Waals surface area contributed by atoms with Gasteiger partial charge in [0, 0.05) is 18.9 Å². The highest BCUT2D eigenvalue weighted by molar-refractivity contribution is 5.27. The summed E-state index contributed by atoms with van der Waals surface area (Å²) in [5, 5.41) is 7.85. The zero-order valence-corrected chi connectivity index (χ0v) is 16.4. The van der Waals surface area contributed by atoms with Gasteiger partial charge in [0.25, 0.3) is 0 Å². The van der Waals surface area contributed by atoms with Crippen LogP contribution >= 0.6 is 0 Å². The van der Waals surface area contributed by atoms with Gasteiger partial charge in [-0.2, -0.15) is 19.0 Å². The SMILES string of the molecule is CC.CC(C)c1cnn(C(F)F)c1.Cc1nn(C)c(C)c1C(C)C. The number of hydrogen-bond donors (Lipinski definition) is 0. The highest BCUT2D eigenvalue weighted by Gasteiger charge is 2.11. The van der Waals surface area contributed by atoms with Crippen molar-refractivity contribution in [2.24, 2.45) is 7.05 Å². The molecule has 2 aromatic heterocycles. The molecule has 0 aliphatic rings. The van der Waals surface area contributed by atoms with Gasteiger partial charge < -0.3 is 0 Å². The molecule has 4 nitrogen and oxygen atoms in total. The van der Waals surface area contributed by atoms with Gasteiger partial charge in [-0.1, -0.05) is 41.5 Å². The molecule has 0 bridgehead atoms. The minimum absolute atomic E-state index is 0.252. The molecule has 0 radical (unpaired) electrons. The summed E-state index contributed by atoms with van der Waals surface area (Å²) in [5.41, 5.74) is 4.69. The van der Waals surface area contributed by atoms with E-state index in [-0.39, 0.29) is 5.92 Å². The first-order valence-electron chi connectivity index (χ1n) is 8.47. The quantitative estimate of drug-likeness (QED) is 0.729. The molecule has 24 heavy (non-hydrogen) atoms. The van der Waals surface area contributed by atoms with E-state index in [1.165, 1.54) is 29.3 Å². The van der Waals surface area contributed by atoms with Crippen LogP contribution in [-0.4, -0.2) is 19.6 Å². The van der Waals surface area contributed by atoms with E-state index in [1.54, 1.807) is 0 Å². The Morgan fingerprint density at radius 1 is 1.00 bits per heavy atom. The summed E-state index contributed by atoms with van der Waals surface area (Å²) in [6.07, 6.45) is 2.84. The van der Waals surface area contributed by atoms with Crippen LogP contribution in [0.1, 0.15) is 82.4 Å². The smallest absolute Gasteiger partial charge is 0.272 e. The molecular weight excluding hydrogens is 310 g/mol. The van der Waals surface area contributed by atoms with Crippen molar-refractivity contribution < 1.29 is 8.78 Å². The monoisotopic (exact) mass is 342 g/mol. The van der Waals surface area contributed by atoms with E-state index in [0.717, 1.165) is 5.56 Å². The largest absolute Gasteiger partial charge is 0.333 e. The molecule has 138 valence electrons. The fourth-order valence-corrected chi connectivity index (χ4v) is 2.38. The highest BCUT2D eigenvalue weighted by atomic mass is 19.3. The van der Waals surface area contributed by atoms with Gasteiger partial charge in [-0.25, -0.2) is 4.68 Å². The molecule has 0 aliphatic heterocycles. The van der Waals surface area contributed by atoms with Gasteiger partial charge in [0.2, 0.25) is 0 Å². The molecule has 0 amide bonds.